The summed E-state index contributed by atoms with van der Waals surface area (Å²) in [6, 6.07) is 5.65. The average molecular weight is 248 g/mol. The number of methoxy groups -OCH3 is 1. The summed E-state index contributed by atoms with van der Waals surface area (Å²) in [6.45, 7) is 0. The number of carbonyl (C=O) groups excluding carboxylic acids is 1. The largest absolute Gasteiger partial charge is 0.481 e. The van der Waals surface area contributed by atoms with Gasteiger partial charge in [-0.2, -0.15) is 0 Å². The zero-order valence-electron chi connectivity index (χ0n) is 11.1. The highest BCUT2D eigenvalue weighted by Crippen LogP contribution is 2.22. The Morgan fingerprint density at radius 2 is 2.06 bits per heavy atom. The molecule has 2 rings (SSSR count). The molecule has 1 fully saturated rings. The molecular formula is C14H20N2O2. The smallest absolute Gasteiger partial charge is 0.272 e. The Labute approximate surface area is 108 Å². The minimum atomic E-state index is -0.0131. The number of hydrogen-bond acceptors (Lipinski definition) is 3. The number of carbonyl (C=O) groups is 1. The lowest BCUT2D eigenvalue weighted by Crippen LogP contribution is -2.38. The number of ether oxygens (including phenoxy) is 1. The van der Waals surface area contributed by atoms with E-state index in [-0.39, 0.29) is 5.91 Å². The van der Waals surface area contributed by atoms with Gasteiger partial charge in [-0.3, -0.25) is 4.79 Å². The number of amides is 1. The van der Waals surface area contributed by atoms with E-state index >= 15 is 0 Å². The second kappa shape index (κ2) is 5.85. The van der Waals surface area contributed by atoms with Gasteiger partial charge in [-0.25, -0.2) is 4.98 Å². The Hall–Kier alpha value is -1.58. The Morgan fingerprint density at radius 3 is 2.72 bits per heavy atom. The van der Waals surface area contributed by atoms with Crippen molar-refractivity contribution in [2.24, 2.45) is 0 Å². The molecule has 98 valence electrons. The molecule has 0 aliphatic heterocycles. The van der Waals surface area contributed by atoms with E-state index in [4.69, 9.17) is 4.74 Å². The first-order valence-corrected chi connectivity index (χ1v) is 6.50. The number of nitrogens with zero attached hydrogens (tertiary/aromatic N) is 2. The predicted molar refractivity (Wildman–Crippen MR) is 69.8 cm³/mol. The zero-order chi connectivity index (χ0) is 13.0. The van der Waals surface area contributed by atoms with Gasteiger partial charge >= 0.3 is 0 Å². The normalized spacial score (nSPS) is 16.3. The van der Waals surface area contributed by atoms with E-state index in [9.17, 15) is 4.79 Å². The summed E-state index contributed by atoms with van der Waals surface area (Å²) in [5.41, 5.74) is 0.461. The highest BCUT2D eigenvalue weighted by atomic mass is 16.5. The van der Waals surface area contributed by atoms with Gasteiger partial charge in [-0.05, 0) is 18.9 Å². The fourth-order valence-corrected chi connectivity index (χ4v) is 2.46. The Bertz CT molecular complexity index is 414. The minimum Gasteiger partial charge on any atom is -0.481 e. The van der Waals surface area contributed by atoms with Crippen LogP contribution in [0.5, 0.6) is 5.88 Å². The van der Waals surface area contributed by atoms with E-state index in [1.165, 1.54) is 19.3 Å². The van der Waals surface area contributed by atoms with Gasteiger partial charge in [-0.15, -0.1) is 0 Å². The van der Waals surface area contributed by atoms with Crippen LogP contribution in [0.25, 0.3) is 0 Å². The minimum absolute atomic E-state index is 0.0131. The summed E-state index contributed by atoms with van der Waals surface area (Å²) < 4.78 is 5.05. The molecule has 4 nitrogen and oxygen atoms in total. The van der Waals surface area contributed by atoms with Crippen LogP contribution in [0.4, 0.5) is 0 Å². The molecule has 0 N–H and O–H groups in total. The van der Waals surface area contributed by atoms with Crippen LogP contribution < -0.4 is 4.74 Å². The molecule has 0 saturated heterocycles. The molecule has 0 radical (unpaired) electrons. The molecule has 1 aromatic heterocycles. The SMILES string of the molecule is COc1cccc(C(=O)N(C)C2CCCCC2)n1. The third-order valence-corrected chi connectivity index (χ3v) is 3.59. The summed E-state index contributed by atoms with van der Waals surface area (Å²) in [4.78, 5) is 18.3. The second-order valence-corrected chi connectivity index (χ2v) is 4.77. The predicted octanol–water partition coefficient (Wildman–Crippen LogP) is 2.49. The van der Waals surface area contributed by atoms with Gasteiger partial charge in [0.15, 0.2) is 0 Å². The van der Waals surface area contributed by atoms with Crippen molar-refractivity contribution in [2.45, 2.75) is 38.1 Å². The summed E-state index contributed by atoms with van der Waals surface area (Å²) in [5, 5.41) is 0. The quantitative estimate of drug-likeness (QED) is 0.825. The molecule has 1 heterocycles. The summed E-state index contributed by atoms with van der Waals surface area (Å²) >= 11 is 0. The van der Waals surface area contributed by atoms with Crippen LogP contribution in [0.2, 0.25) is 0 Å². The molecule has 0 unspecified atom stereocenters. The van der Waals surface area contributed by atoms with E-state index in [1.54, 1.807) is 25.3 Å². The second-order valence-electron chi connectivity index (χ2n) is 4.77. The summed E-state index contributed by atoms with van der Waals surface area (Å²) in [7, 11) is 3.43. The van der Waals surface area contributed by atoms with Crippen molar-refractivity contribution in [1.29, 1.82) is 0 Å². The molecule has 1 aliphatic rings. The van der Waals surface area contributed by atoms with Crippen molar-refractivity contribution in [3.63, 3.8) is 0 Å². The van der Waals surface area contributed by atoms with E-state index in [2.05, 4.69) is 4.98 Å². The van der Waals surface area contributed by atoms with Gasteiger partial charge in [0, 0.05) is 19.2 Å². The summed E-state index contributed by atoms with van der Waals surface area (Å²) in [6.07, 6.45) is 5.93. The Kier molecular flexibility index (Phi) is 4.18. The van der Waals surface area contributed by atoms with Crippen molar-refractivity contribution >= 4 is 5.91 Å². The lowest BCUT2D eigenvalue weighted by molar-refractivity contribution is 0.0689. The first-order valence-electron chi connectivity index (χ1n) is 6.50. The molecule has 0 bridgehead atoms. The van der Waals surface area contributed by atoms with E-state index in [0.717, 1.165) is 12.8 Å². The average Bonchev–Trinajstić information content (AvgIpc) is 2.46. The first-order chi connectivity index (χ1) is 8.72. The molecular weight excluding hydrogens is 228 g/mol. The summed E-state index contributed by atoms with van der Waals surface area (Å²) in [5.74, 6) is 0.471. The number of aromatic nitrogens is 1. The molecule has 0 atom stereocenters. The molecule has 4 heteroatoms. The zero-order valence-corrected chi connectivity index (χ0v) is 11.1. The van der Waals surface area contributed by atoms with Crippen LogP contribution in [-0.4, -0.2) is 36.0 Å². The van der Waals surface area contributed by atoms with Gasteiger partial charge in [0.05, 0.1) is 7.11 Å². The Balaban J connectivity index is 2.09. The molecule has 1 aliphatic carbocycles. The molecule has 18 heavy (non-hydrogen) atoms. The third-order valence-electron chi connectivity index (χ3n) is 3.59. The molecule has 0 spiro atoms. The van der Waals surface area contributed by atoms with Crippen LogP contribution in [-0.2, 0) is 0 Å². The van der Waals surface area contributed by atoms with Crippen LogP contribution >= 0.6 is 0 Å². The van der Waals surface area contributed by atoms with Crippen LogP contribution in [0, 0.1) is 0 Å². The maximum absolute atomic E-state index is 12.3. The van der Waals surface area contributed by atoms with Crippen LogP contribution in [0.15, 0.2) is 18.2 Å². The Morgan fingerprint density at radius 1 is 1.33 bits per heavy atom. The maximum Gasteiger partial charge on any atom is 0.272 e. The molecule has 1 saturated carbocycles. The van der Waals surface area contributed by atoms with E-state index in [1.807, 2.05) is 11.9 Å². The molecule has 1 amide bonds. The van der Waals surface area contributed by atoms with Crippen molar-refractivity contribution < 1.29 is 9.53 Å². The van der Waals surface area contributed by atoms with Gasteiger partial charge < -0.3 is 9.64 Å². The monoisotopic (exact) mass is 248 g/mol. The van der Waals surface area contributed by atoms with Crippen molar-refractivity contribution in [3.05, 3.63) is 23.9 Å². The lowest BCUT2D eigenvalue weighted by Gasteiger charge is -2.31. The van der Waals surface area contributed by atoms with E-state index < -0.39 is 0 Å². The highest BCUT2D eigenvalue weighted by molar-refractivity contribution is 5.92. The number of rotatable bonds is 3. The van der Waals surface area contributed by atoms with Crippen LogP contribution in [0.3, 0.4) is 0 Å². The fraction of sp³-hybridized carbons (Fsp3) is 0.571. The maximum atomic E-state index is 12.3. The van der Waals surface area contributed by atoms with Crippen molar-refractivity contribution in [2.75, 3.05) is 14.2 Å². The van der Waals surface area contributed by atoms with Crippen molar-refractivity contribution in [1.82, 2.24) is 9.88 Å². The molecule has 1 aromatic rings. The molecule has 0 aromatic carbocycles. The number of pyridine rings is 1. The number of hydrogen-bond donors (Lipinski definition) is 0. The van der Waals surface area contributed by atoms with Gasteiger partial charge in [0.1, 0.15) is 5.69 Å². The van der Waals surface area contributed by atoms with Crippen LogP contribution in [0.1, 0.15) is 42.6 Å². The fourth-order valence-electron chi connectivity index (χ4n) is 2.46. The first kappa shape index (κ1) is 12.9. The van der Waals surface area contributed by atoms with Gasteiger partial charge in [0.2, 0.25) is 5.88 Å². The standard InChI is InChI=1S/C14H20N2O2/c1-16(11-7-4-3-5-8-11)14(17)12-9-6-10-13(15-12)18-2/h6,9-11H,3-5,7-8H2,1-2H3. The topological polar surface area (TPSA) is 42.4 Å². The van der Waals surface area contributed by atoms with Gasteiger partial charge in [0.25, 0.3) is 5.91 Å². The highest BCUT2D eigenvalue weighted by Gasteiger charge is 2.23. The van der Waals surface area contributed by atoms with Crippen molar-refractivity contribution in [3.8, 4) is 5.88 Å². The van der Waals surface area contributed by atoms with Gasteiger partial charge in [-0.1, -0.05) is 25.3 Å². The lowest BCUT2D eigenvalue weighted by atomic mass is 9.94. The third kappa shape index (κ3) is 2.81. The van der Waals surface area contributed by atoms with E-state index in [0.29, 0.717) is 17.6 Å².